The maximum atomic E-state index is 14.1. The fourth-order valence-corrected chi connectivity index (χ4v) is 8.11. The number of carbonyl (C=O) groups is 3. The van der Waals surface area contributed by atoms with Crippen LogP contribution in [0.15, 0.2) is 42.0 Å². The number of ketones is 1. The molecule has 6 rings (SSSR count). The molecule has 2 aliphatic carbocycles. The molecule has 49 heavy (non-hydrogen) atoms. The van der Waals surface area contributed by atoms with Crippen LogP contribution in [0.2, 0.25) is 0 Å². The van der Waals surface area contributed by atoms with E-state index in [1.54, 1.807) is 32.1 Å². The first-order chi connectivity index (χ1) is 23.5. The normalized spacial score (nSPS) is 29.9. The van der Waals surface area contributed by atoms with Gasteiger partial charge in [0.15, 0.2) is 0 Å². The second kappa shape index (κ2) is 14.4. The van der Waals surface area contributed by atoms with E-state index >= 15 is 0 Å². The van der Waals surface area contributed by atoms with E-state index in [2.05, 4.69) is 17.2 Å². The van der Waals surface area contributed by atoms with E-state index in [1.807, 2.05) is 12.1 Å². The molecular weight excluding hydrogens is 626 g/mol. The molecule has 2 bridgehead atoms. The Morgan fingerprint density at radius 2 is 1.84 bits per heavy atom. The lowest BCUT2D eigenvalue weighted by Crippen LogP contribution is -2.57. The van der Waals surface area contributed by atoms with E-state index in [9.17, 15) is 34.8 Å². The Bertz CT molecular complexity index is 1720. The van der Waals surface area contributed by atoms with Crippen LogP contribution >= 0.6 is 0 Å². The Balaban J connectivity index is 1.46. The first kappa shape index (κ1) is 34.7. The van der Waals surface area contributed by atoms with Gasteiger partial charge in [-0.1, -0.05) is 30.4 Å². The number of aromatic hydroxyl groups is 1. The average molecular weight is 672 g/mol. The van der Waals surface area contributed by atoms with Crippen molar-refractivity contribution in [2.24, 2.45) is 11.8 Å². The largest absolute Gasteiger partial charge is 0.508 e. The molecule has 2 heterocycles. The number of esters is 2. The lowest BCUT2D eigenvalue weighted by molar-refractivity contribution is -0.187. The zero-order valence-electron chi connectivity index (χ0n) is 28.0. The minimum atomic E-state index is -1.43. The molecular formula is C39H45NO9. The third kappa shape index (κ3) is 7.40. The summed E-state index contributed by atoms with van der Waals surface area (Å²) in [5.41, 5.74) is 1.97. The summed E-state index contributed by atoms with van der Waals surface area (Å²) >= 11 is 0. The second-order valence-electron chi connectivity index (χ2n) is 14.1. The first-order valence-corrected chi connectivity index (χ1v) is 17.3. The summed E-state index contributed by atoms with van der Waals surface area (Å²) < 4.78 is 11.8. The minimum Gasteiger partial charge on any atom is -0.508 e. The van der Waals surface area contributed by atoms with Crippen LogP contribution in [0.4, 0.5) is 5.69 Å². The van der Waals surface area contributed by atoms with Gasteiger partial charge in [-0.3, -0.25) is 9.59 Å². The standard InChI is InChI=1S/C39H45NO9/c1-3-24-13-25(28-11-23(21-41)12-30(14-28)40-20-22(2)42)6-7-26-18-37(45)48-35-19-34(44)29(16-32(26)35)17-36(49-38(24)46)39(47)10-4-5-27-15-31(43)8-9-33(27)39/h3,11-12,14,16,19,22,25-27,33,36,40-42,44,47H,4-5,8-10,13,15,17-18,20-21H2,1-2H3. The van der Waals surface area contributed by atoms with Gasteiger partial charge in [0.05, 0.1) is 25.0 Å². The summed E-state index contributed by atoms with van der Waals surface area (Å²) in [5, 5.41) is 46.8. The van der Waals surface area contributed by atoms with E-state index in [4.69, 9.17) is 9.47 Å². The van der Waals surface area contributed by atoms with Crippen molar-refractivity contribution >= 4 is 23.4 Å². The Morgan fingerprint density at radius 3 is 2.59 bits per heavy atom. The van der Waals surface area contributed by atoms with Gasteiger partial charge in [0.2, 0.25) is 0 Å². The molecule has 10 nitrogen and oxygen atoms in total. The van der Waals surface area contributed by atoms with Crippen molar-refractivity contribution in [2.45, 2.75) is 108 Å². The number of phenolic OH excluding ortho intramolecular Hbond substituents is 1. The van der Waals surface area contributed by atoms with Gasteiger partial charge >= 0.3 is 11.9 Å². The van der Waals surface area contributed by atoms with Gasteiger partial charge < -0.3 is 35.2 Å². The summed E-state index contributed by atoms with van der Waals surface area (Å²) in [6.45, 7) is 3.45. The van der Waals surface area contributed by atoms with Crippen LogP contribution in [0, 0.1) is 23.7 Å². The van der Waals surface area contributed by atoms with E-state index < -0.39 is 41.6 Å². The van der Waals surface area contributed by atoms with Gasteiger partial charge in [-0.25, -0.2) is 4.79 Å². The Kier molecular flexibility index (Phi) is 10.2. The van der Waals surface area contributed by atoms with E-state index in [0.29, 0.717) is 60.1 Å². The summed E-state index contributed by atoms with van der Waals surface area (Å²) in [6.07, 6.45) is 3.33. The van der Waals surface area contributed by atoms with Gasteiger partial charge in [-0.15, -0.1) is 0 Å². The van der Waals surface area contributed by atoms with Crippen LogP contribution < -0.4 is 10.1 Å². The number of aliphatic hydroxyl groups is 3. The average Bonchev–Trinajstić information content (AvgIpc) is 3.07. The van der Waals surface area contributed by atoms with Crippen LogP contribution in [0.1, 0.15) is 99.3 Å². The van der Waals surface area contributed by atoms with Crippen molar-refractivity contribution in [1.29, 1.82) is 0 Å². The Hall–Kier alpha value is -4.17. The predicted octanol–water partition coefficient (Wildman–Crippen LogP) is 4.56. The third-order valence-corrected chi connectivity index (χ3v) is 10.6. The topological polar surface area (TPSA) is 163 Å². The number of carbonyl (C=O) groups excluding carboxylic acids is 3. The van der Waals surface area contributed by atoms with Crippen LogP contribution in [0.25, 0.3) is 0 Å². The highest BCUT2D eigenvalue weighted by Crippen LogP contribution is 2.49. The lowest BCUT2D eigenvalue weighted by Gasteiger charge is -2.50. The number of fused-ring (bicyclic) bond motifs is 2. The molecule has 10 heteroatoms. The summed E-state index contributed by atoms with van der Waals surface area (Å²) in [6, 6.07) is 8.60. The SMILES string of the molecule is CC=C1CC(c2cc(CO)cc(NCC(C)O)c2)C#CC2CC(=O)Oc3cc(O)c(cc32)CC(C2(O)CCCC3CC(=O)CCC32)OC1=O. The Morgan fingerprint density at radius 1 is 1.04 bits per heavy atom. The molecule has 2 aliphatic heterocycles. The van der Waals surface area contributed by atoms with Gasteiger partial charge in [-0.2, -0.15) is 0 Å². The van der Waals surface area contributed by atoms with Crippen molar-refractivity contribution in [3.8, 4) is 23.3 Å². The number of Topliss-reactive ketones (excluding diaryl/α,β-unsaturated/α-hetero) is 1. The van der Waals surface area contributed by atoms with Crippen molar-refractivity contribution < 1.29 is 44.3 Å². The van der Waals surface area contributed by atoms with Crippen molar-refractivity contribution in [1.82, 2.24) is 0 Å². The highest BCUT2D eigenvalue weighted by Gasteiger charge is 2.52. The maximum Gasteiger partial charge on any atom is 0.334 e. The summed E-state index contributed by atoms with van der Waals surface area (Å²) in [5.74, 6) is 4.36. The molecule has 2 saturated carbocycles. The van der Waals surface area contributed by atoms with Crippen molar-refractivity contribution in [2.75, 3.05) is 11.9 Å². The number of ether oxygens (including phenoxy) is 2. The molecule has 7 atom stereocenters. The van der Waals surface area contributed by atoms with E-state index in [-0.39, 0.29) is 61.5 Å². The zero-order valence-corrected chi connectivity index (χ0v) is 28.0. The van der Waals surface area contributed by atoms with Crippen LogP contribution in [-0.4, -0.2) is 62.5 Å². The monoisotopic (exact) mass is 671 g/mol. The summed E-state index contributed by atoms with van der Waals surface area (Å²) in [7, 11) is 0. The van der Waals surface area contributed by atoms with E-state index in [1.165, 1.54) is 6.07 Å². The van der Waals surface area contributed by atoms with Crippen LogP contribution in [0.3, 0.4) is 0 Å². The molecule has 0 saturated heterocycles. The fraction of sp³-hybridized carbons (Fsp3) is 0.513. The number of anilines is 1. The number of nitrogens with one attached hydrogen (secondary N) is 1. The van der Waals surface area contributed by atoms with Gasteiger partial charge in [-0.05, 0) is 86.3 Å². The number of phenols is 1. The number of aliphatic hydroxyl groups excluding tert-OH is 2. The number of benzene rings is 2. The highest BCUT2D eigenvalue weighted by molar-refractivity contribution is 5.89. The molecule has 2 fully saturated rings. The Labute approximate surface area is 286 Å². The molecule has 2 aromatic rings. The van der Waals surface area contributed by atoms with Crippen LogP contribution in [-0.2, 0) is 32.1 Å². The number of allylic oxidation sites excluding steroid dienone is 1. The third-order valence-electron chi connectivity index (χ3n) is 10.6. The van der Waals surface area contributed by atoms with Gasteiger partial charge in [0.1, 0.15) is 29.0 Å². The molecule has 260 valence electrons. The van der Waals surface area contributed by atoms with Gasteiger partial charge in [0.25, 0.3) is 0 Å². The van der Waals surface area contributed by atoms with Crippen molar-refractivity contribution in [3.63, 3.8) is 0 Å². The quantitative estimate of drug-likeness (QED) is 0.127. The number of cyclic esters (lactones) is 1. The highest BCUT2D eigenvalue weighted by atomic mass is 16.6. The molecule has 5 N–H and O–H groups in total. The fourth-order valence-electron chi connectivity index (χ4n) is 8.11. The van der Waals surface area contributed by atoms with E-state index in [0.717, 1.165) is 12.0 Å². The molecule has 0 amide bonds. The van der Waals surface area contributed by atoms with Crippen molar-refractivity contribution in [3.05, 3.63) is 64.2 Å². The zero-order chi connectivity index (χ0) is 34.9. The molecule has 4 aliphatic rings. The van der Waals surface area contributed by atoms with Crippen LogP contribution in [0.5, 0.6) is 11.5 Å². The maximum absolute atomic E-state index is 14.1. The number of rotatable bonds is 6. The number of hydrogen-bond acceptors (Lipinski definition) is 10. The minimum absolute atomic E-state index is 0.00807. The molecule has 2 aromatic carbocycles. The molecule has 7 unspecified atom stereocenters. The number of hydrogen-bond donors (Lipinski definition) is 5. The summed E-state index contributed by atoms with van der Waals surface area (Å²) in [4.78, 5) is 39.2. The second-order valence-corrected chi connectivity index (χ2v) is 14.1. The lowest BCUT2D eigenvalue weighted by atomic mass is 9.60. The van der Waals surface area contributed by atoms with Gasteiger partial charge in [0, 0.05) is 54.6 Å². The molecule has 0 radical (unpaired) electrons. The smallest absolute Gasteiger partial charge is 0.334 e. The molecule has 0 aromatic heterocycles. The molecule has 0 spiro atoms. The predicted molar refractivity (Wildman–Crippen MR) is 181 cm³/mol. The first-order valence-electron chi connectivity index (χ1n) is 17.3.